The number of aryl methyl sites for hydroxylation is 1. The highest BCUT2D eigenvalue weighted by molar-refractivity contribution is 6.04. The average Bonchev–Trinajstić information content (AvgIpc) is 3.12. The molecule has 0 aliphatic carbocycles. The van der Waals surface area contributed by atoms with E-state index in [2.05, 4.69) is 10.4 Å². The van der Waals surface area contributed by atoms with Crippen LogP contribution in [0.2, 0.25) is 0 Å². The van der Waals surface area contributed by atoms with Crippen molar-refractivity contribution in [1.29, 1.82) is 0 Å². The van der Waals surface area contributed by atoms with E-state index in [1.54, 1.807) is 48.3 Å². The molecule has 3 rings (SSSR count). The van der Waals surface area contributed by atoms with Crippen molar-refractivity contribution in [1.82, 2.24) is 9.78 Å². The summed E-state index contributed by atoms with van der Waals surface area (Å²) in [5.74, 6) is 1.09. The second-order valence-corrected chi connectivity index (χ2v) is 5.87. The minimum Gasteiger partial charge on any atom is -0.497 e. The molecule has 1 aromatic heterocycles. The number of nitrogens with two attached hydrogens (primary N) is 1. The number of nitrogens with zero attached hydrogens (tertiary/aromatic N) is 2. The van der Waals surface area contributed by atoms with E-state index < -0.39 is 0 Å². The highest BCUT2D eigenvalue weighted by Gasteiger charge is 2.13. The van der Waals surface area contributed by atoms with E-state index in [-0.39, 0.29) is 18.3 Å². The Bertz CT molecular complexity index is 943. The zero-order valence-corrected chi connectivity index (χ0v) is 16.5. The molecule has 3 N–H and O–H groups in total. The molecule has 0 aliphatic heterocycles. The number of ether oxygens (including phenoxy) is 2. The molecular formula is C20H23ClN4O3. The Morgan fingerprint density at radius 1 is 1.21 bits per heavy atom. The molecular weight excluding hydrogens is 380 g/mol. The summed E-state index contributed by atoms with van der Waals surface area (Å²) in [6.07, 6.45) is 1.71. The Kier molecular flexibility index (Phi) is 7.43. The number of methoxy groups -OCH3 is 1. The number of halogens is 1. The summed E-state index contributed by atoms with van der Waals surface area (Å²) >= 11 is 0. The Balaban J connectivity index is 0.00000280. The zero-order valence-electron chi connectivity index (χ0n) is 15.7. The molecule has 0 saturated heterocycles. The Hall–Kier alpha value is -3.03. The number of hydrogen-bond donors (Lipinski definition) is 2. The molecule has 0 aliphatic rings. The van der Waals surface area contributed by atoms with Gasteiger partial charge in [-0.15, -0.1) is 12.4 Å². The molecule has 1 amide bonds. The molecule has 28 heavy (non-hydrogen) atoms. The van der Waals surface area contributed by atoms with Crippen LogP contribution in [0.5, 0.6) is 11.5 Å². The SMILES string of the molecule is COc1cccc(C(=O)Nc2ccc(OCCN)c(-c3ccnn3C)c2)c1.Cl. The molecule has 148 valence electrons. The Morgan fingerprint density at radius 2 is 2.04 bits per heavy atom. The molecule has 2 aromatic carbocycles. The fourth-order valence-electron chi connectivity index (χ4n) is 2.71. The maximum atomic E-state index is 12.6. The monoisotopic (exact) mass is 402 g/mol. The van der Waals surface area contributed by atoms with Gasteiger partial charge in [0.1, 0.15) is 18.1 Å². The molecule has 7 nitrogen and oxygen atoms in total. The minimum absolute atomic E-state index is 0. The lowest BCUT2D eigenvalue weighted by atomic mass is 10.1. The Morgan fingerprint density at radius 3 is 2.71 bits per heavy atom. The van der Waals surface area contributed by atoms with Gasteiger partial charge in [0.15, 0.2) is 0 Å². The number of carbonyl (C=O) groups excluding carboxylic acids is 1. The third-order valence-corrected chi connectivity index (χ3v) is 4.04. The van der Waals surface area contributed by atoms with Crippen molar-refractivity contribution in [2.45, 2.75) is 0 Å². The maximum absolute atomic E-state index is 12.6. The predicted molar refractivity (Wildman–Crippen MR) is 111 cm³/mol. The topological polar surface area (TPSA) is 91.4 Å². The largest absolute Gasteiger partial charge is 0.497 e. The molecule has 0 atom stereocenters. The fourth-order valence-corrected chi connectivity index (χ4v) is 2.71. The van der Waals surface area contributed by atoms with Gasteiger partial charge in [-0.1, -0.05) is 6.07 Å². The van der Waals surface area contributed by atoms with Gasteiger partial charge in [0.25, 0.3) is 5.91 Å². The van der Waals surface area contributed by atoms with Gasteiger partial charge in [0.05, 0.1) is 12.8 Å². The lowest BCUT2D eigenvalue weighted by Crippen LogP contribution is -2.13. The summed E-state index contributed by atoms with van der Waals surface area (Å²) < 4.78 is 12.7. The molecule has 0 bridgehead atoms. The Labute approximate surface area is 169 Å². The minimum atomic E-state index is -0.222. The van der Waals surface area contributed by atoms with Crippen LogP contribution in [0, 0.1) is 0 Å². The van der Waals surface area contributed by atoms with Crippen molar-refractivity contribution < 1.29 is 14.3 Å². The summed E-state index contributed by atoms with van der Waals surface area (Å²) in [4.78, 5) is 12.6. The van der Waals surface area contributed by atoms with E-state index in [4.69, 9.17) is 15.2 Å². The summed E-state index contributed by atoms with van der Waals surface area (Å²) in [5, 5.41) is 7.12. The number of aromatic nitrogens is 2. The second-order valence-electron chi connectivity index (χ2n) is 5.87. The number of hydrogen-bond acceptors (Lipinski definition) is 5. The second kappa shape index (κ2) is 9.77. The van der Waals surface area contributed by atoms with Crippen molar-refractivity contribution in [2.75, 3.05) is 25.6 Å². The van der Waals surface area contributed by atoms with Crippen LogP contribution in [-0.2, 0) is 7.05 Å². The number of nitrogens with one attached hydrogen (secondary N) is 1. The van der Waals surface area contributed by atoms with Crippen LogP contribution in [0.4, 0.5) is 5.69 Å². The quantitative estimate of drug-likeness (QED) is 0.633. The van der Waals surface area contributed by atoms with Crippen molar-refractivity contribution in [3.8, 4) is 22.8 Å². The van der Waals surface area contributed by atoms with Crippen molar-refractivity contribution in [3.63, 3.8) is 0 Å². The van der Waals surface area contributed by atoms with E-state index in [9.17, 15) is 4.79 Å². The van der Waals surface area contributed by atoms with Gasteiger partial charge in [-0.25, -0.2) is 0 Å². The van der Waals surface area contributed by atoms with Crippen molar-refractivity contribution >= 4 is 24.0 Å². The predicted octanol–water partition coefficient (Wildman–Crippen LogP) is 3.11. The first-order valence-corrected chi connectivity index (χ1v) is 8.53. The summed E-state index contributed by atoms with van der Waals surface area (Å²) in [6, 6.07) is 14.4. The fraction of sp³-hybridized carbons (Fsp3) is 0.200. The third-order valence-electron chi connectivity index (χ3n) is 4.04. The average molecular weight is 403 g/mol. The molecule has 0 fully saturated rings. The first-order chi connectivity index (χ1) is 13.1. The summed E-state index contributed by atoms with van der Waals surface area (Å²) in [5.41, 5.74) is 8.42. The molecule has 3 aromatic rings. The van der Waals surface area contributed by atoms with Crippen molar-refractivity contribution in [3.05, 3.63) is 60.3 Å². The number of amides is 1. The maximum Gasteiger partial charge on any atom is 0.255 e. The van der Waals surface area contributed by atoms with Crippen LogP contribution < -0.4 is 20.5 Å². The normalized spacial score (nSPS) is 10.1. The lowest BCUT2D eigenvalue weighted by Gasteiger charge is -2.14. The molecule has 0 unspecified atom stereocenters. The number of carbonyl (C=O) groups is 1. The standard InChI is InChI=1S/C20H22N4O3.ClH/c1-24-18(8-10-22-24)17-13-15(6-7-19(17)27-11-9-21)23-20(25)14-4-3-5-16(12-14)26-2;/h3-8,10,12-13H,9,11,21H2,1-2H3,(H,23,25);1H. The van der Waals surface area contributed by atoms with Gasteiger partial charge in [0.2, 0.25) is 0 Å². The lowest BCUT2D eigenvalue weighted by molar-refractivity contribution is 0.102. The van der Waals surface area contributed by atoms with E-state index in [0.717, 1.165) is 11.3 Å². The van der Waals surface area contributed by atoms with Gasteiger partial charge in [-0.05, 0) is 42.5 Å². The van der Waals surface area contributed by atoms with Gasteiger partial charge < -0.3 is 20.5 Å². The zero-order chi connectivity index (χ0) is 19.2. The smallest absolute Gasteiger partial charge is 0.255 e. The van der Waals surface area contributed by atoms with Crippen LogP contribution in [0.3, 0.4) is 0 Å². The van der Waals surface area contributed by atoms with E-state index >= 15 is 0 Å². The van der Waals surface area contributed by atoms with E-state index in [1.165, 1.54) is 0 Å². The first kappa shape index (κ1) is 21.3. The number of benzene rings is 2. The number of rotatable bonds is 7. The van der Waals surface area contributed by atoms with Gasteiger partial charge in [-0.3, -0.25) is 9.48 Å². The molecule has 1 heterocycles. The van der Waals surface area contributed by atoms with Crippen molar-refractivity contribution in [2.24, 2.45) is 12.8 Å². The van der Waals surface area contributed by atoms with Crippen LogP contribution in [-0.4, -0.2) is 35.9 Å². The van der Waals surface area contributed by atoms with Crippen LogP contribution in [0.15, 0.2) is 54.7 Å². The number of anilines is 1. The molecule has 0 radical (unpaired) electrons. The summed E-state index contributed by atoms with van der Waals surface area (Å²) in [7, 11) is 3.42. The molecule has 8 heteroatoms. The van der Waals surface area contributed by atoms with Crippen LogP contribution in [0.25, 0.3) is 11.3 Å². The van der Waals surface area contributed by atoms with Gasteiger partial charge >= 0.3 is 0 Å². The van der Waals surface area contributed by atoms with E-state index in [0.29, 0.717) is 35.9 Å². The van der Waals surface area contributed by atoms with Crippen LogP contribution >= 0.6 is 12.4 Å². The molecule has 0 spiro atoms. The van der Waals surface area contributed by atoms with Gasteiger partial charge in [0, 0.05) is 36.6 Å². The van der Waals surface area contributed by atoms with E-state index in [1.807, 2.05) is 25.2 Å². The summed E-state index contributed by atoms with van der Waals surface area (Å²) in [6.45, 7) is 0.819. The third kappa shape index (κ3) is 4.82. The van der Waals surface area contributed by atoms with Gasteiger partial charge in [-0.2, -0.15) is 5.10 Å². The van der Waals surface area contributed by atoms with Crippen LogP contribution in [0.1, 0.15) is 10.4 Å². The highest BCUT2D eigenvalue weighted by Crippen LogP contribution is 2.32. The molecule has 0 saturated carbocycles. The highest BCUT2D eigenvalue weighted by atomic mass is 35.5. The first-order valence-electron chi connectivity index (χ1n) is 8.53.